The van der Waals surface area contributed by atoms with Crippen LogP contribution in [0.3, 0.4) is 0 Å². The zero-order chi connectivity index (χ0) is 20.0. The predicted molar refractivity (Wildman–Crippen MR) is 109 cm³/mol. The Labute approximate surface area is 167 Å². The van der Waals surface area contributed by atoms with Crippen LogP contribution in [0.4, 0.5) is 5.69 Å². The van der Waals surface area contributed by atoms with Gasteiger partial charge in [0.1, 0.15) is 11.8 Å². The monoisotopic (exact) mass is 384 g/mol. The molecule has 7 heteroatoms. The van der Waals surface area contributed by atoms with E-state index in [4.69, 9.17) is 9.40 Å². The fraction of sp³-hybridized carbons (Fsp3) is 0.273. The van der Waals surface area contributed by atoms with Gasteiger partial charge in [-0.2, -0.15) is 10.4 Å². The average molecular weight is 384 g/mol. The second-order valence-electron chi connectivity index (χ2n) is 7.44. The molecule has 0 saturated heterocycles. The number of aromatic amines is 1. The second-order valence-corrected chi connectivity index (χ2v) is 7.44. The molecule has 0 saturated carbocycles. The molecule has 2 N–H and O–H groups in total. The summed E-state index contributed by atoms with van der Waals surface area (Å²) in [6.07, 6.45) is 4.73. The summed E-state index contributed by atoms with van der Waals surface area (Å²) in [6.45, 7) is 3.71. The van der Waals surface area contributed by atoms with Gasteiger partial charge in [0.25, 0.3) is 0 Å². The van der Waals surface area contributed by atoms with Crippen molar-refractivity contribution in [3.8, 4) is 17.5 Å². The van der Waals surface area contributed by atoms with Crippen molar-refractivity contribution in [1.82, 2.24) is 20.2 Å². The van der Waals surface area contributed by atoms with Crippen LogP contribution in [0.2, 0.25) is 0 Å². The molecule has 4 aromatic rings. The number of fused-ring (bicyclic) bond motifs is 2. The summed E-state index contributed by atoms with van der Waals surface area (Å²) < 4.78 is 5.66. The lowest BCUT2D eigenvalue weighted by Crippen LogP contribution is -2.20. The molecular weight excluding hydrogens is 364 g/mol. The molecule has 29 heavy (non-hydrogen) atoms. The lowest BCUT2D eigenvalue weighted by Gasteiger charge is -2.27. The van der Waals surface area contributed by atoms with Gasteiger partial charge in [-0.15, -0.1) is 0 Å². The fourth-order valence-corrected chi connectivity index (χ4v) is 4.02. The molecule has 0 spiro atoms. The molecule has 0 aliphatic heterocycles. The number of aryl methyl sites for hydroxylation is 3. The number of oxazole rings is 1. The number of nitrogens with one attached hydrogen (secondary N) is 2. The maximum Gasteiger partial charge on any atom is 0.191 e. The molecule has 0 amide bonds. The molecule has 1 aliphatic rings. The summed E-state index contributed by atoms with van der Waals surface area (Å²) in [5, 5.41) is 21.4. The normalized spacial score (nSPS) is 15.8. The van der Waals surface area contributed by atoms with Crippen LogP contribution < -0.4 is 5.32 Å². The third kappa shape index (κ3) is 3.03. The Bertz CT molecular complexity index is 1260. The molecule has 5 rings (SSSR count). The summed E-state index contributed by atoms with van der Waals surface area (Å²) in [6, 6.07) is 10.5. The third-order valence-corrected chi connectivity index (χ3v) is 5.47. The van der Waals surface area contributed by atoms with E-state index in [2.05, 4.69) is 32.6 Å². The number of benzene rings is 1. The first kappa shape index (κ1) is 17.4. The van der Waals surface area contributed by atoms with Crippen molar-refractivity contribution in [1.29, 1.82) is 5.26 Å². The van der Waals surface area contributed by atoms with Crippen LogP contribution in [0.1, 0.15) is 47.3 Å². The molecular formula is C22H20N6O. The number of anilines is 1. The van der Waals surface area contributed by atoms with Crippen LogP contribution in [0.15, 0.2) is 34.9 Å². The standard InChI is InChI=1S/C22H20N6O/c1-12-15(10-23)8-14-4-3-5-19(21(14)25-12)26-16-6-7-18-17(9-16)22(28-27-18)20-11-24-13(2)29-20/h6-9,11,19,26H,3-5H2,1-2H3,(H,27,28)/t19-/m1/s1. The minimum Gasteiger partial charge on any atom is -0.439 e. The SMILES string of the molecule is Cc1ncc(-c2n[nH]c3ccc(N[C@@H]4CCCc5cc(C#N)c(C)nc54)cc23)o1. The van der Waals surface area contributed by atoms with Crippen LogP contribution in [-0.2, 0) is 6.42 Å². The number of hydrogen-bond acceptors (Lipinski definition) is 6. The molecule has 1 atom stereocenters. The molecule has 0 radical (unpaired) electrons. The smallest absolute Gasteiger partial charge is 0.191 e. The van der Waals surface area contributed by atoms with Crippen LogP contribution in [0, 0.1) is 25.2 Å². The summed E-state index contributed by atoms with van der Waals surface area (Å²) in [4.78, 5) is 8.93. The molecule has 3 heterocycles. The van der Waals surface area contributed by atoms with E-state index >= 15 is 0 Å². The first-order chi connectivity index (χ1) is 14.1. The molecule has 0 bridgehead atoms. The highest BCUT2D eigenvalue weighted by Gasteiger charge is 2.23. The average Bonchev–Trinajstić information content (AvgIpc) is 3.33. The molecule has 1 aliphatic carbocycles. The van der Waals surface area contributed by atoms with Crippen LogP contribution >= 0.6 is 0 Å². The Morgan fingerprint density at radius 3 is 2.97 bits per heavy atom. The molecule has 0 fully saturated rings. The molecule has 7 nitrogen and oxygen atoms in total. The molecule has 3 aromatic heterocycles. The van der Waals surface area contributed by atoms with E-state index in [9.17, 15) is 5.26 Å². The van der Waals surface area contributed by atoms with Gasteiger partial charge in [-0.1, -0.05) is 0 Å². The maximum absolute atomic E-state index is 9.30. The van der Waals surface area contributed by atoms with Gasteiger partial charge in [0.2, 0.25) is 0 Å². The zero-order valence-electron chi connectivity index (χ0n) is 16.3. The van der Waals surface area contributed by atoms with Crippen LogP contribution in [0.5, 0.6) is 0 Å². The minimum absolute atomic E-state index is 0.116. The minimum atomic E-state index is 0.116. The summed E-state index contributed by atoms with van der Waals surface area (Å²) in [5.74, 6) is 1.26. The molecule has 0 unspecified atom stereocenters. The van der Waals surface area contributed by atoms with Gasteiger partial charge in [-0.05, 0) is 56.0 Å². The van der Waals surface area contributed by atoms with Gasteiger partial charge >= 0.3 is 0 Å². The first-order valence-corrected chi connectivity index (χ1v) is 9.70. The van der Waals surface area contributed by atoms with Gasteiger partial charge in [0.05, 0.1) is 34.7 Å². The summed E-state index contributed by atoms with van der Waals surface area (Å²) in [5.41, 5.74) is 6.35. The Hall–Kier alpha value is -3.66. The number of rotatable bonds is 3. The number of aromatic nitrogens is 4. The number of pyridine rings is 1. The van der Waals surface area contributed by atoms with E-state index in [0.29, 0.717) is 17.2 Å². The second kappa shape index (κ2) is 6.74. The van der Waals surface area contributed by atoms with E-state index in [0.717, 1.165) is 58.5 Å². The highest BCUT2D eigenvalue weighted by Crippen LogP contribution is 2.34. The van der Waals surface area contributed by atoms with E-state index in [-0.39, 0.29) is 6.04 Å². The Balaban J connectivity index is 1.50. The number of nitriles is 1. The van der Waals surface area contributed by atoms with E-state index in [1.54, 1.807) is 6.20 Å². The van der Waals surface area contributed by atoms with E-state index in [1.165, 1.54) is 0 Å². The topological polar surface area (TPSA) is 103 Å². The Kier molecular flexibility index (Phi) is 4.06. The van der Waals surface area contributed by atoms with Gasteiger partial charge in [-0.25, -0.2) is 4.98 Å². The number of nitrogens with zero attached hydrogens (tertiary/aromatic N) is 4. The van der Waals surface area contributed by atoms with Gasteiger partial charge in [0, 0.05) is 18.0 Å². The highest BCUT2D eigenvalue weighted by atomic mass is 16.4. The fourth-order valence-electron chi connectivity index (χ4n) is 4.02. The lowest BCUT2D eigenvalue weighted by molar-refractivity contribution is 0.533. The first-order valence-electron chi connectivity index (χ1n) is 9.70. The predicted octanol–water partition coefficient (Wildman–Crippen LogP) is 4.59. The van der Waals surface area contributed by atoms with Crippen LogP contribution in [0.25, 0.3) is 22.4 Å². The Morgan fingerprint density at radius 1 is 1.28 bits per heavy atom. The Morgan fingerprint density at radius 2 is 2.17 bits per heavy atom. The zero-order valence-corrected chi connectivity index (χ0v) is 16.3. The van der Waals surface area contributed by atoms with Crippen molar-refractivity contribution in [2.24, 2.45) is 0 Å². The summed E-state index contributed by atoms with van der Waals surface area (Å²) in [7, 11) is 0. The van der Waals surface area contributed by atoms with Crippen molar-refractivity contribution < 1.29 is 4.42 Å². The van der Waals surface area contributed by atoms with E-state index < -0.39 is 0 Å². The number of hydrogen-bond donors (Lipinski definition) is 2. The van der Waals surface area contributed by atoms with E-state index in [1.807, 2.05) is 32.0 Å². The largest absolute Gasteiger partial charge is 0.439 e. The maximum atomic E-state index is 9.30. The van der Waals surface area contributed by atoms with Crippen molar-refractivity contribution >= 4 is 16.6 Å². The number of H-pyrrole nitrogens is 1. The lowest BCUT2D eigenvalue weighted by atomic mass is 9.90. The molecule has 1 aromatic carbocycles. The highest BCUT2D eigenvalue weighted by molar-refractivity contribution is 5.93. The third-order valence-electron chi connectivity index (χ3n) is 5.47. The van der Waals surface area contributed by atoms with Gasteiger partial charge in [0.15, 0.2) is 11.7 Å². The summed E-state index contributed by atoms with van der Waals surface area (Å²) >= 11 is 0. The molecule has 144 valence electrons. The van der Waals surface area contributed by atoms with Crippen molar-refractivity contribution in [3.05, 3.63) is 58.9 Å². The van der Waals surface area contributed by atoms with Crippen molar-refractivity contribution in [3.63, 3.8) is 0 Å². The quantitative estimate of drug-likeness (QED) is 0.535. The van der Waals surface area contributed by atoms with Crippen molar-refractivity contribution in [2.45, 2.75) is 39.2 Å². The van der Waals surface area contributed by atoms with Gasteiger partial charge in [-0.3, -0.25) is 10.1 Å². The van der Waals surface area contributed by atoms with Crippen molar-refractivity contribution in [2.75, 3.05) is 5.32 Å². The van der Waals surface area contributed by atoms with Gasteiger partial charge < -0.3 is 9.73 Å². The van der Waals surface area contributed by atoms with Crippen LogP contribution in [-0.4, -0.2) is 20.2 Å².